The predicted octanol–water partition coefficient (Wildman–Crippen LogP) is 2.40. The van der Waals surface area contributed by atoms with Crippen LogP contribution in [0.2, 0.25) is 0 Å². The summed E-state index contributed by atoms with van der Waals surface area (Å²) >= 11 is 0. The van der Waals surface area contributed by atoms with Gasteiger partial charge in [-0.2, -0.15) is 0 Å². The smallest absolute Gasteiger partial charge is 0.325 e. The van der Waals surface area contributed by atoms with Gasteiger partial charge in [0.15, 0.2) is 12.4 Å². The zero-order valence-electron chi connectivity index (χ0n) is 20.1. The molecule has 2 amide bonds. The van der Waals surface area contributed by atoms with Crippen molar-refractivity contribution in [1.29, 1.82) is 0 Å². The number of benzene rings is 3. The third kappa shape index (κ3) is 8.43. The van der Waals surface area contributed by atoms with Gasteiger partial charge in [0.25, 0.3) is 0 Å². The van der Waals surface area contributed by atoms with E-state index in [2.05, 4.69) is 10.6 Å². The summed E-state index contributed by atoms with van der Waals surface area (Å²) in [7, 11) is 0. The quantitative estimate of drug-likeness (QED) is 0.234. The van der Waals surface area contributed by atoms with E-state index in [0.717, 1.165) is 11.1 Å². The topological polar surface area (TPSA) is 128 Å². The molecule has 0 unspecified atom stereocenters. The van der Waals surface area contributed by atoms with Gasteiger partial charge in [0.1, 0.15) is 12.3 Å². The van der Waals surface area contributed by atoms with Gasteiger partial charge in [0.05, 0.1) is 12.5 Å². The fraction of sp³-hybridized carbons (Fsp3) is 0.179. The molecule has 0 aliphatic heterocycles. The standard InChI is InChI=1S/C28H26N2O7/c1-19(31)37-23-14-12-20(13-15-23)24(32)18-36-26(34)17-29-25(33)16-30-28(35)27(21-8-4-2-5-9-21)22-10-6-3-7-11-22/h2-15,27H,16-18H2,1H3,(H,29,33)(H,30,35). The van der Waals surface area contributed by atoms with E-state index in [1.54, 1.807) is 0 Å². The lowest BCUT2D eigenvalue weighted by molar-refractivity contribution is -0.142. The second-order valence-electron chi connectivity index (χ2n) is 7.95. The molecule has 37 heavy (non-hydrogen) atoms. The van der Waals surface area contributed by atoms with Crippen molar-refractivity contribution in [3.63, 3.8) is 0 Å². The first-order chi connectivity index (χ1) is 17.8. The van der Waals surface area contributed by atoms with Crippen molar-refractivity contribution in [3.8, 4) is 5.75 Å². The number of hydrogen-bond acceptors (Lipinski definition) is 7. The van der Waals surface area contributed by atoms with Gasteiger partial charge in [0.2, 0.25) is 11.8 Å². The molecule has 9 nitrogen and oxygen atoms in total. The Morgan fingerprint density at radius 3 is 1.84 bits per heavy atom. The van der Waals surface area contributed by atoms with E-state index >= 15 is 0 Å². The molecule has 0 aliphatic rings. The molecule has 3 aromatic rings. The van der Waals surface area contributed by atoms with Gasteiger partial charge < -0.3 is 20.1 Å². The van der Waals surface area contributed by atoms with E-state index in [-0.39, 0.29) is 23.8 Å². The van der Waals surface area contributed by atoms with Crippen LogP contribution >= 0.6 is 0 Å². The van der Waals surface area contributed by atoms with E-state index in [0.29, 0.717) is 0 Å². The number of nitrogens with one attached hydrogen (secondary N) is 2. The number of esters is 2. The third-order valence-corrected chi connectivity index (χ3v) is 5.18. The van der Waals surface area contributed by atoms with Crippen molar-refractivity contribution in [2.75, 3.05) is 19.7 Å². The number of hydrogen-bond donors (Lipinski definition) is 2. The average Bonchev–Trinajstić information content (AvgIpc) is 2.91. The Labute approximate surface area is 213 Å². The van der Waals surface area contributed by atoms with E-state index in [4.69, 9.17) is 9.47 Å². The first-order valence-corrected chi connectivity index (χ1v) is 11.4. The third-order valence-electron chi connectivity index (χ3n) is 5.18. The second-order valence-corrected chi connectivity index (χ2v) is 7.95. The molecule has 0 spiro atoms. The first-order valence-electron chi connectivity index (χ1n) is 11.4. The maximum absolute atomic E-state index is 12.9. The molecule has 9 heteroatoms. The van der Waals surface area contributed by atoms with Crippen LogP contribution in [0.15, 0.2) is 84.9 Å². The molecule has 0 aliphatic carbocycles. The van der Waals surface area contributed by atoms with E-state index in [1.807, 2.05) is 60.7 Å². The van der Waals surface area contributed by atoms with Gasteiger partial charge >= 0.3 is 11.9 Å². The summed E-state index contributed by atoms with van der Waals surface area (Å²) in [4.78, 5) is 60.2. The normalized spacial score (nSPS) is 10.3. The van der Waals surface area contributed by atoms with Crippen LogP contribution in [0.25, 0.3) is 0 Å². The Hall–Kier alpha value is -4.79. The second kappa shape index (κ2) is 13.3. The maximum Gasteiger partial charge on any atom is 0.325 e. The van der Waals surface area contributed by atoms with Crippen molar-refractivity contribution in [2.45, 2.75) is 12.8 Å². The summed E-state index contributed by atoms with van der Waals surface area (Å²) < 4.78 is 9.80. The highest BCUT2D eigenvalue weighted by atomic mass is 16.5. The molecule has 0 saturated heterocycles. The van der Waals surface area contributed by atoms with Gasteiger partial charge in [-0.3, -0.25) is 24.0 Å². The highest BCUT2D eigenvalue weighted by Crippen LogP contribution is 2.24. The van der Waals surface area contributed by atoms with Crippen LogP contribution < -0.4 is 15.4 Å². The SMILES string of the molecule is CC(=O)Oc1ccc(C(=O)COC(=O)CNC(=O)CNC(=O)C(c2ccccc2)c2ccccc2)cc1. The highest BCUT2D eigenvalue weighted by Gasteiger charge is 2.23. The number of ketones is 1. The van der Waals surface area contributed by atoms with Crippen molar-refractivity contribution < 1.29 is 33.4 Å². The monoisotopic (exact) mass is 502 g/mol. The zero-order chi connectivity index (χ0) is 26.6. The lowest BCUT2D eigenvalue weighted by atomic mass is 9.90. The summed E-state index contributed by atoms with van der Waals surface area (Å²) in [5, 5.41) is 4.96. The molecule has 3 aromatic carbocycles. The lowest BCUT2D eigenvalue weighted by Crippen LogP contribution is -2.41. The van der Waals surface area contributed by atoms with E-state index in [9.17, 15) is 24.0 Å². The summed E-state index contributed by atoms with van der Waals surface area (Å²) in [6.45, 7) is -0.0599. The van der Waals surface area contributed by atoms with Crippen LogP contribution in [0.3, 0.4) is 0 Å². The van der Waals surface area contributed by atoms with Gasteiger partial charge in [-0.05, 0) is 35.4 Å². The molecule has 0 bridgehead atoms. The van der Waals surface area contributed by atoms with Crippen molar-refractivity contribution in [3.05, 3.63) is 102 Å². The highest BCUT2D eigenvalue weighted by molar-refractivity contribution is 5.98. The van der Waals surface area contributed by atoms with Gasteiger partial charge in [-0.25, -0.2) is 0 Å². The molecule has 3 rings (SSSR count). The number of carbonyl (C=O) groups excluding carboxylic acids is 5. The number of rotatable bonds is 11. The molecule has 190 valence electrons. The van der Waals surface area contributed by atoms with Crippen LogP contribution in [-0.2, 0) is 23.9 Å². The Kier molecular flexibility index (Phi) is 9.66. The molecule has 0 radical (unpaired) electrons. The summed E-state index contributed by atoms with van der Waals surface area (Å²) in [6, 6.07) is 24.2. The molecule has 0 heterocycles. The molecular formula is C28H26N2O7. The van der Waals surface area contributed by atoms with Gasteiger partial charge in [0, 0.05) is 12.5 Å². The Morgan fingerprint density at radius 1 is 0.730 bits per heavy atom. The average molecular weight is 503 g/mol. The van der Waals surface area contributed by atoms with Crippen molar-refractivity contribution in [2.24, 2.45) is 0 Å². The lowest BCUT2D eigenvalue weighted by Gasteiger charge is -2.17. The molecule has 0 atom stereocenters. The minimum atomic E-state index is -0.809. The predicted molar refractivity (Wildman–Crippen MR) is 134 cm³/mol. The fourth-order valence-electron chi connectivity index (χ4n) is 3.44. The number of amides is 2. The first kappa shape index (κ1) is 26.8. The minimum Gasteiger partial charge on any atom is -0.456 e. The molecular weight excluding hydrogens is 476 g/mol. The van der Waals surface area contributed by atoms with Crippen LogP contribution in [0.5, 0.6) is 5.75 Å². The molecule has 0 fully saturated rings. The molecule has 2 N–H and O–H groups in total. The fourth-order valence-corrected chi connectivity index (χ4v) is 3.44. The Bertz CT molecular complexity index is 1200. The van der Waals surface area contributed by atoms with Crippen LogP contribution in [0, 0.1) is 0 Å². The van der Waals surface area contributed by atoms with Gasteiger partial charge in [-0.1, -0.05) is 60.7 Å². The van der Waals surface area contributed by atoms with Gasteiger partial charge in [-0.15, -0.1) is 0 Å². The number of ether oxygens (including phenoxy) is 2. The number of carbonyl (C=O) groups is 5. The Balaban J connectivity index is 1.44. The van der Waals surface area contributed by atoms with Crippen molar-refractivity contribution in [1.82, 2.24) is 10.6 Å². The molecule has 0 saturated carbocycles. The molecule has 0 aromatic heterocycles. The van der Waals surface area contributed by atoms with E-state index < -0.39 is 42.7 Å². The summed E-state index contributed by atoms with van der Waals surface area (Å²) in [6.07, 6.45) is 0. The van der Waals surface area contributed by atoms with Crippen LogP contribution in [0.1, 0.15) is 34.3 Å². The largest absolute Gasteiger partial charge is 0.456 e. The van der Waals surface area contributed by atoms with E-state index in [1.165, 1.54) is 31.2 Å². The zero-order valence-corrected chi connectivity index (χ0v) is 20.1. The summed E-state index contributed by atoms with van der Waals surface area (Å²) in [5.74, 6) is -3.02. The minimum absolute atomic E-state index is 0.266. The summed E-state index contributed by atoms with van der Waals surface area (Å²) in [5.41, 5.74) is 1.82. The van der Waals surface area contributed by atoms with Crippen LogP contribution in [0.4, 0.5) is 0 Å². The van der Waals surface area contributed by atoms with Crippen LogP contribution in [-0.4, -0.2) is 49.2 Å². The van der Waals surface area contributed by atoms with Crippen molar-refractivity contribution >= 4 is 29.5 Å². The number of Topliss-reactive ketones (excluding diaryl/α,β-unsaturated/α-hetero) is 1. The maximum atomic E-state index is 12.9. The Morgan fingerprint density at radius 2 is 1.30 bits per heavy atom.